The summed E-state index contributed by atoms with van der Waals surface area (Å²) in [6.07, 6.45) is 7.32. The van der Waals surface area contributed by atoms with Gasteiger partial charge in [-0.15, -0.1) is 0 Å². The van der Waals surface area contributed by atoms with Gasteiger partial charge in [0.05, 0.1) is 6.42 Å². The first-order chi connectivity index (χ1) is 11.7. The highest BCUT2D eigenvalue weighted by Gasteiger charge is 2.33. The summed E-state index contributed by atoms with van der Waals surface area (Å²) in [5.74, 6) is 3.05. The van der Waals surface area contributed by atoms with Crippen LogP contribution < -0.4 is 0 Å². The van der Waals surface area contributed by atoms with E-state index in [0.717, 1.165) is 61.9 Å². The molecule has 1 amide bonds. The fourth-order valence-corrected chi connectivity index (χ4v) is 3.25. The molecule has 2 aromatic rings. The number of nitrogens with zero attached hydrogens (tertiary/aromatic N) is 4. The number of carbonyl (C=O) groups excluding carboxylic acids is 1. The average molecular weight is 329 g/mol. The van der Waals surface area contributed by atoms with Crippen LogP contribution in [0.3, 0.4) is 0 Å². The van der Waals surface area contributed by atoms with Crippen LogP contribution in [0.25, 0.3) is 0 Å². The standard InChI is InChI=1S/C17H23N5O2/c1-2-13-9-18-14(19-13)8-15(23)22-7-3-4-12(10-22)16-20-17(24-21-16)11-5-6-11/h9,11-12H,2-8,10H2,1H3,(H,18,19). The third kappa shape index (κ3) is 3.20. The molecular formula is C17H23N5O2. The van der Waals surface area contributed by atoms with Crippen molar-refractivity contribution in [1.29, 1.82) is 0 Å². The lowest BCUT2D eigenvalue weighted by Crippen LogP contribution is -2.40. The number of H-pyrrole nitrogens is 1. The molecule has 7 heteroatoms. The van der Waals surface area contributed by atoms with Gasteiger partial charge < -0.3 is 14.4 Å². The van der Waals surface area contributed by atoms with Crippen LogP contribution in [-0.2, 0) is 17.6 Å². The van der Waals surface area contributed by atoms with Crippen LogP contribution in [0.15, 0.2) is 10.7 Å². The fourth-order valence-electron chi connectivity index (χ4n) is 3.25. The summed E-state index contributed by atoms with van der Waals surface area (Å²) in [5, 5.41) is 4.15. The van der Waals surface area contributed by atoms with Crippen LogP contribution >= 0.6 is 0 Å². The molecule has 4 rings (SSSR count). The Morgan fingerprint density at radius 3 is 3.00 bits per heavy atom. The average Bonchev–Trinajstić information content (AvgIpc) is 3.17. The van der Waals surface area contributed by atoms with Crippen molar-refractivity contribution in [2.24, 2.45) is 0 Å². The van der Waals surface area contributed by atoms with E-state index in [1.54, 1.807) is 6.20 Å². The normalized spacial score (nSPS) is 21.2. The second-order valence-electron chi connectivity index (χ2n) is 6.83. The third-order valence-corrected chi connectivity index (χ3v) is 4.90. The Morgan fingerprint density at radius 2 is 2.25 bits per heavy atom. The molecular weight excluding hydrogens is 306 g/mol. The Bertz CT molecular complexity index is 718. The Balaban J connectivity index is 1.38. The number of amides is 1. The van der Waals surface area contributed by atoms with Crippen LogP contribution in [-0.4, -0.2) is 44.0 Å². The maximum Gasteiger partial charge on any atom is 0.230 e. The number of piperidine rings is 1. The van der Waals surface area contributed by atoms with Gasteiger partial charge in [0.15, 0.2) is 5.82 Å². The molecule has 2 aliphatic rings. The SMILES string of the molecule is CCc1cnc(CC(=O)N2CCCC(c3noc(C4CC4)n3)C2)[nH]1. The highest BCUT2D eigenvalue weighted by Crippen LogP contribution is 2.39. The Kier molecular flexibility index (Phi) is 4.08. The van der Waals surface area contributed by atoms with Gasteiger partial charge >= 0.3 is 0 Å². The van der Waals surface area contributed by atoms with E-state index in [1.807, 2.05) is 4.90 Å². The summed E-state index contributed by atoms with van der Waals surface area (Å²) in [4.78, 5) is 26.5. The van der Waals surface area contributed by atoms with Crippen LogP contribution in [0.5, 0.6) is 0 Å². The lowest BCUT2D eigenvalue weighted by atomic mass is 9.97. The van der Waals surface area contributed by atoms with Crippen LogP contribution in [0.2, 0.25) is 0 Å². The highest BCUT2D eigenvalue weighted by atomic mass is 16.5. The van der Waals surface area contributed by atoms with Crippen molar-refractivity contribution in [2.75, 3.05) is 13.1 Å². The second-order valence-corrected chi connectivity index (χ2v) is 6.83. The molecule has 1 N–H and O–H groups in total. The summed E-state index contributed by atoms with van der Waals surface area (Å²) in [7, 11) is 0. The van der Waals surface area contributed by atoms with Crippen LogP contribution in [0, 0.1) is 0 Å². The molecule has 2 aromatic heterocycles. The molecule has 2 fully saturated rings. The number of hydrogen-bond donors (Lipinski definition) is 1. The summed E-state index contributed by atoms with van der Waals surface area (Å²) in [5.41, 5.74) is 1.06. The number of rotatable bonds is 5. The molecule has 3 heterocycles. The minimum absolute atomic E-state index is 0.114. The molecule has 1 aliphatic carbocycles. The number of aromatic nitrogens is 4. The van der Waals surface area contributed by atoms with Gasteiger partial charge in [-0.1, -0.05) is 12.1 Å². The lowest BCUT2D eigenvalue weighted by Gasteiger charge is -2.31. The first-order valence-electron chi connectivity index (χ1n) is 8.87. The van der Waals surface area contributed by atoms with Gasteiger partial charge in [0.1, 0.15) is 5.82 Å². The molecule has 1 saturated heterocycles. The Morgan fingerprint density at radius 1 is 1.38 bits per heavy atom. The largest absolute Gasteiger partial charge is 0.345 e. The predicted molar refractivity (Wildman–Crippen MR) is 86.5 cm³/mol. The summed E-state index contributed by atoms with van der Waals surface area (Å²) in [6.45, 7) is 3.53. The van der Waals surface area contributed by atoms with Crippen molar-refractivity contribution in [3.8, 4) is 0 Å². The van der Waals surface area contributed by atoms with E-state index >= 15 is 0 Å². The number of nitrogens with one attached hydrogen (secondary N) is 1. The molecule has 0 spiro atoms. The smallest absolute Gasteiger partial charge is 0.230 e. The monoisotopic (exact) mass is 329 g/mol. The molecule has 1 unspecified atom stereocenters. The van der Waals surface area contributed by atoms with Crippen molar-refractivity contribution in [1.82, 2.24) is 25.0 Å². The van der Waals surface area contributed by atoms with Gasteiger partial charge in [0.25, 0.3) is 0 Å². The summed E-state index contributed by atoms with van der Waals surface area (Å²) in [6, 6.07) is 0. The maximum atomic E-state index is 12.6. The quantitative estimate of drug-likeness (QED) is 0.908. The minimum atomic E-state index is 0.114. The fraction of sp³-hybridized carbons (Fsp3) is 0.647. The van der Waals surface area contributed by atoms with Gasteiger partial charge in [-0.3, -0.25) is 4.79 Å². The number of aromatic amines is 1. The number of carbonyl (C=O) groups is 1. The summed E-state index contributed by atoms with van der Waals surface area (Å²) < 4.78 is 5.37. The third-order valence-electron chi connectivity index (χ3n) is 4.90. The van der Waals surface area contributed by atoms with E-state index in [2.05, 4.69) is 27.0 Å². The van der Waals surface area contributed by atoms with Gasteiger partial charge in [0.2, 0.25) is 11.8 Å². The van der Waals surface area contributed by atoms with E-state index < -0.39 is 0 Å². The number of aryl methyl sites for hydroxylation is 1. The summed E-state index contributed by atoms with van der Waals surface area (Å²) >= 11 is 0. The molecule has 24 heavy (non-hydrogen) atoms. The molecule has 1 aliphatic heterocycles. The Hall–Kier alpha value is -2.18. The first kappa shape index (κ1) is 15.4. The second kappa shape index (κ2) is 6.37. The molecule has 128 valence electrons. The molecule has 0 aromatic carbocycles. The van der Waals surface area contributed by atoms with Gasteiger partial charge in [0, 0.05) is 36.8 Å². The van der Waals surface area contributed by atoms with Gasteiger partial charge in [-0.05, 0) is 32.1 Å². The number of hydrogen-bond acceptors (Lipinski definition) is 5. The Labute approximate surface area is 140 Å². The van der Waals surface area contributed by atoms with Crippen molar-refractivity contribution in [2.45, 2.75) is 57.3 Å². The zero-order chi connectivity index (χ0) is 16.5. The van der Waals surface area contributed by atoms with E-state index in [-0.39, 0.29) is 11.8 Å². The molecule has 1 saturated carbocycles. The van der Waals surface area contributed by atoms with Crippen molar-refractivity contribution < 1.29 is 9.32 Å². The van der Waals surface area contributed by atoms with E-state index in [1.165, 1.54) is 0 Å². The topological polar surface area (TPSA) is 87.9 Å². The van der Waals surface area contributed by atoms with Crippen molar-refractivity contribution in [3.05, 3.63) is 29.4 Å². The van der Waals surface area contributed by atoms with Crippen molar-refractivity contribution in [3.63, 3.8) is 0 Å². The molecule has 7 nitrogen and oxygen atoms in total. The highest BCUT2D eigenvalue weighted by molar-refractivity contribution is 5.78. The van der Waals surface area contributed by atoms with Crippen LogP contribution in [0.1, 0.15) is 67.7 Å². The molecule has 0 bridgehead atoms. The maximum absolute atomic E-state index is 12.6. The first-order valence-corrected chi connectivity index (χ1v) is 8.87. The van der Waals surface area contributed by atoms with E-state index in [0.29, 0.717) is 18.9 Å². The van der Waals surface area contributed by atoms with E-state index in [9.17, 15) is 4.79 Å². The number of imidazole rings is 1. The zero-order valence-corrected chi connectivity index (χ0v) is 14.0. The zero-order valence-electron chi connectivity index (χ0n) is 14.0. The van der Waals surface area contributed by atoms with Gasteiger partial charge in [-0.25, -0.2) is 4.98 Å². The lowest BCUT2D eigenvalue weighted by molar-refractivity contribution is -0.131. The van der Waals surface area contributed by atoms with Crippen LogP contribution in [0.4, 0.5) is 0 Å². The van der Waals surface area contributed by atoms with E-state index in [4.69, 9.17) is 4.52 Å². The number of likely N-dealkylation sites (tertiary alicyclic amines) is 1. The van der Waals surface area contributed by atoms with Gasteiger partial charge in [-0.2, -0.15) is 4.98 Å². The predicted octanol–water partition coefficient (Wildman–Crippen LogP) is 2.18. The van der Waals surface area contributed by atoms with Crippen molar-refractivity contribution >= 4 is 5.91 Å². The molecule has 1 atom stereocenters. The molecule has 0 radical (unpaired) electrons. The minimum Gasteiger partial charge on any atom is -0.345 e.